The predicted molar refractivity (Wildman–Crippen MR) is 47.5 cm³/mol. The van der Waals surface area contributed by atoms with E-state index < -0.39 is 0 Å². The molecular weight excluding hydrogens is 132 g/mol. The van der Waals surface area contributed by atoms with Gasteiger partial charge < -0.3 is 0 Å². The first kappa shape index (κ1) is 6.66. The molecule has 0 amide bonds. The molecule has 0 aliphatic heterocycles. The van der Waals surface area contributed by atoms with Crippen molar-refractivity contribution in [3.05, 3.63) is 48.6 Å². The molecule has 1 aromatic rings. The van der Waals surface area contributed by atoms with Gasteiger partial charge in [0.05, 0.1) is 0 Å². The number of allylic oxidation sites excluding steroid dienone is 1. The minimum Gasteiger partial charge on any atom is -0.103 e. The summed E-state index contributed by atoms with van der Waals surface area (Å²) in [6.45, 7) is 3.80. The average molecular weight is 144 g/mol. The smallest absolute Gasteiger partial charge is 0.00931 e. The third-order valence-corrected chi connectivity index (χ3v) is 2.37. The van der Waals surface area contributed by atoms with Crippen molar-refractivity contribution < 1.29 is 0 Å². The molecule has 0 unspecified atom stereocenters. The highest BCUT2D eigenvalue weighted by Gasteiger charge is 2.35. The Balaban J connectivity index is 2.14. The normalized spacial score (nSPS) is 28.0. The van der Waals surface area contributed by atoms with Crippen LogP contribution in [0.2, 0.25) is 0 Å². The van der Waals surface area contributed by atoms with Gasteiger partial charge in [-0.3, -0.25) is 0 Å². The quantitative estimate of drug-likeness (QED) is 0.560. The van der Waals surface area contributed by atoms with Gasteiger partial charge in [-0.1, -0.05) is 36.4 Å². The first-order valence-corrected chi connectivity index (χ1v) is 4.09. The van der Waals surface area contributed by atoms with Gasteiger partial charge in [0.2, 0.25) is 0 Å². The lowest BCUT2D eigenvalue weighted by Gasteiger charge is -1.95. The number of benzene rings is 1. The third-order valence-electron chi connectivity index (χ3n) is 2.37. The standard InChI is InChI=1S/C11H12/c1-2-9-8-11(9)10-6-4-3-5-7-10/h2-7,9,11H,1,8H2/t9-,11-/m1/s1. The van der Waals surface area contributed by atoms with Crippen LogP contribution in [0, 0.1) is 5.92 Å². The summed E-state index contributed by atoms with van der Waals surface area (Å²) < 4.78 is 0. The summed E-state index contributed by atoms with van der Waals surface area (Å²) in [4.78, 5) is 0. The molecule has 0 radical (unpaired) electrons. The Morgan fingerprint density at radius 2 is 2.00 bits per heavy atom. The maximum atomic E-state index is 3.80. The SMILES string of the molecule is C=C[C@@H]1C[C@H]1c1ccccc1. The molecule has 0 heteroatoms. The molecule has 2 rings (SSSR count). The fourth-order valence-electron chi connectivity index (χ4n) is 1.56. The van der Waals surface area contributed by atoms with E-state index in [-0.39, 0.29) is 0 Å². The lowest BCUT2D eigenvalue weighted by molar-refractivity contribution is 1.01. The van der Waals surface area contributed by atoms with Crippen molar-refractivity contribution in [2.75, 3.05) is 0 Å². The lowest BCUT2D eigenvalue weighted by atomic mass is 10.1. The molecule has 0 nitrogen and oxygen atoms in total. The Kier molecular flexibility index (Phi) is 1.54. The molecule has 1 fully saturated rings. The summed E-state index contributed by atoms with van der Waals surface area (Å²) >= 11 is 0. The van der Waals surface area contributed by atoms with Crippen LogP contribution in [-0.4, -0.2) is 0 Å². The molecule has 0 heterocycles. The maximum absolute atomic E-state index is 3.80. The first-order chi connectivity index (χ1) is 5.42. The Morgan fingerprint density at radius 1 is 1.27 bits per heavy atom. The van der Waals surface area contributed by atoms with E-state index in [1.807, 2.05) is 0 Å². The van der Waals surface area contributed by atoms with Crippen LogP contribution in [0.5, 0.6) is 0 Å². The average Bonchev–Trinajstić information content (AvgIpc) is 2.85. The molecule has 0 saturated heterocycles. The van der Waals surface area contributed by atoms with E-state index in [9.17, 15) is 0 Å². The molecule has 0 N–H and O–H groups in total. The van der Waals surface area contributed by atoms with E-state index in [4.69, 9.17) is 0 Å². The van der Waals surface area contributed by atoms with E-state index in [1.165, 1.54) is 12.0 Å². The van der Waals surface area contributed by atoms with E-state index >= 15 is 0 Å². The van der Waals surface area contributed by atoms with Crippen LogP contribution >= 0.6 is 0 Å². The number of hydrogen-bond acceptors (Lipinski definition) is 0. The van der Waals surface area contributed by atoms with E-state index in [0.717, 1.165) is 11.8 Å². The Labute approximate surface area is 67.6 Å². The molecule has 0 aromatic heterocycles. The molecule has 1 aliphatic carbocycles. The second kappa shape index (κ2) is 2.54. The first-order valence-electron chi connectivity index (χ1n) is 4.09. The van der Waals surface area contributed by atoms with Crippen LogP contribution in [0.3, 0.4) is 0 Å². The van der Waals surface area contributed by atoms with E-state index in [1.54, 1.807) is 0 Å². The Hall–Kier alpha value is -1.04. The minimum absolute atomic E-state index is 0.748. The lowest BCUT2D eigenvalue weighted by Crippen LogP contribution is -1.78. The number of hydrogen-bond donors (Lipinski definition) is 0. The fraction of sp³-hybridized carbons (Fsp3) is 0.273. The van der Waals surface area contributed by atoms with Crippen molar-refractivity contribution in [2.24, 2.45) is 5.92 Å². The van der Waals surface area contributed by atoms with Gasteiger partial charge in [0.15, 0.2) is 0 Å². The summed E-state index contributed by atoms with van der Waals surface area (Å²) in [5.41, 5.74) is 1.47. The van der Waals surface area contributed by atoms with Crippen molar-refractivity contribution in [2.45, 2.75) is 12.3 Å². The van der Waals surface area contributed by atoms with Crippen LogP contribution in [0.25, 0.3) is 0 Å². The molecule has 2 atom stereocenters. The largest absolute Gasteiger partial charge is 0.103 e. The van der Waals surface area contributed by atoms with Crippen molar-refractivity contribution in [1.29, 1.82) is 0 Å². The van der Waals surface area contributed by atoms with Crippen molar-refractivity contribution in [1.82, 2.24) is 0 Å². The van der Waals surface area contributed by atoms with Crippen molar-refractivity contribution in [3.8, 4) is 0 Å². The van der Waals surface area contributed by atoms with Gasteiger partial charge in [0.1, 0.15) is 0 Å². The topological polar surface area (TPSA) is 0 Å². The highest BCUT2D eigenvalue weighted by molar-refractivity contribution is 5.27. The van der Waals surface area contributed by atoms with Gasteiger partial charge in [0.25, 0.3) is 0 Å². The van der Waals surface area contributed by atoms with Crippen LogP contribution < -0.4 is 0 Å². The van der Waals surface area contributed by atoms with Crippen molar-refractivity contribution >= 4 is 0 Å². The number of rotatable bonds is 2. The van der Waals surface area contributed by atoms with Gasteiger partial charge in [0, 0.05) is 0 Å². The molecule has 11 heavy (non-hydrogen) atoms. The second-order valence-corrected chi connectivity index (χ2v) is 3.15. The van der Waals surface area contributed by atoms with Gasteiger partial charge in [-0.25, -0.2) is 0 Å². The van der Waals surface area contributed by atoms with Gasteiger partial charge in [-0.2, -0.15) is 0 Å². The summed E-state index contributed by atoms with van der Waals surface area (Å²) in [6.07, 6.45) is 3.37. The van der Waals surface area contributed by atoms with E-state index in [2.05, 4.69) is 43.0 Å². The van der Waals surface area contributed by atoms with Crippen LogP contribution in [-0.2, 0) is 0 Å². The van der Waals surface area contributed by atoms with Gasteiger partial charge in [-0.05, 0) is 23.8 Å². The predicted octanol–water partition coefficient (Wildman–Crippen LogP) is 2.98. The molecule has 0 spiro atoms. The summed E-state index contributed by atoms with van der Waals surface area (Å²) in [5, 5.41) is 0. The van der Waals surface area contributed by atoms with Gasteiger partial charge >= 0.3 is 0 Å². The van der Waals surface area contributed by atoms with Crippen LogP contribution in [0.1, 0.15) is 17.9 Å². The Bertz CT molecular complexity index is 248. The van der Waals surface area contributed by atoms with E-state index in [0.29, 0.717) is 0 Å². The summed E-state index contributed by atoms with van der Waals surface area (Å²) in [7, 11) is 0. The highest BCUT2D eigenvalue weighted by atomic mass is 14.4. The van der Waals surface area contributed by atoms with Crippen LogP contribution in [0.4, 0.5) is 0 Å². The zero-order valence-corrected chi connectivity index (χ0v) is 6.53. The molecule has 56 valence electrons. The molecule has 1 aliphatic rings. The second-order valence-electron chi connectivity index (χ2n) is 3.15. The molecular formula is C11H12. The monoisotopic (exact) mass is 144 g/mol. The summed E-state index contributed by atoms with van der Waals surface area (Å²) in [5.74, 6) is 1.52. The minimum atomic E-state index is 0.748. The molecule has 0 bridgehead atoms. The summed E-state index contributed by atoms with van der Waals surface area (Å²) in [6, 6.07) is 10.7. The fourth-order valence-corrected chi connectivity index (χ4v) is 1.56. The third kappa shape index (κ3) is 1.21. The van der Waals surface area contributed by atoms with Crippen LogP contribution in [0.15, 0.2) is 43.0 Å². The highest BCUT2D eigenvalue weighted by Crippen LogP contribution is 2.47. The Morgan fingerprint density at radius 3 is 2.55 bits per heavy atom. The zero-order chi connectivity index (χ0) is 7.68. The maximum Gasteiger partial charge on any atom is -0.00931 e. The zero-order valence-electron chi connectivity index (χ0n) is 6.53. The van der Waals surface area contributed by atoms with Crippen molar-refractivity contribution in [3.63, 3.8) is 0 Å². The van der Waals surface area contributed by atoms with Gasteiger partial charge in [-0.15, -0.1) is 6.58 Å². The molecule has 1 saturated carbocycles. The molecule has 1 aromatic carbocycles.